The highest BCUT2D eigenvalue weighted by molar-refractivity contribution is 5.85. The fraction of sp³-hybridized carbons (Fsp3) is 0.571. The number of methoxy groups -OCH3 is 1. The molecule has 0 bridgehead atoms. The molecule has 2 aliphatic heterocycles. The van der Waals surface area contributed by atoms with Gasteiger partial charge in [-0.05, 0) is 23.6 Å². The second kappa shape index (κ2) is 6.08. The fourth-order valence-electron chi connectivity index (χ4n) is 2.76. The molecule has 0 radical (unpaired) electrons. The van der Waals surface area contributed by atoms with Gasteiger partial charge in [-0.25, -0.2) is 0 Å². The molecule has 5 nitrogen and oxygen atoms in total. The summed E-state index contributed by atoms with van der Waals surface area (Å²) in [6.07, 6.45) is 0. The van der Waals surface area contributed by atoms with Gasteiger partial charge in [0.25, 0.3) is 0 Å². The van der Waals surface area contributed by atoms with Crippen LogP contribution in [-0.4, -0.2) is 37.9 Å². The highest BCUT2D eigenvalue weighted by Gasteiger charge is 2.27. The summed E-state index contributed by atoms with van der Waals surface area (Å²) in [5.74, 6) is 2.76. The van der Waals surface area contributed by atoms with Gasteiger partial charge in [0.1, 0.15) is 0 Å². The number of rotatable bonds is 3. The summed E-state index contributed by atoms with van der Waals surface area (Å²) in [6, 6.07) is 4.32. The lowest BCUT2D eigenvalue weighted by atomic mass is 10.1. The third kappa shape index (κ3) is 2.80. The van der Waals surface area contributed by atoms with Crippen molar-refractivity contribution in [2.45, 2.75) is 19.5 Å². The van der Waals surface area contributed by atoms with Crippen molar-refractivity contribution in [1.29, 1.82) is 0 Å². The van der Waals surface area contributed by atoms with Crippen LogP contribution in [0.1, 0.15) is 12.5 Å². The quantitative estimate of drug-likeness (QED) is 0.919. The van der Waals surface area contributed by atoms with E-state index in [2.05, 4.69) is 11.8 Å². The van der Waals surface area contributed by atoms with Crippen LogP contribution in [-0.2, 0) is 6.54 Å². The molecule has 2 atom stereocenters. The van der Waals surface area contributed by atoms with Gasteiger partial charge in [0, 0.05) is 25.7 Å². The molecule has 20 heavy (non-hydrogen) atoms. The van der Waals surface area contributed by atoms with Crippen molar-refractivity contribution in [1.82, 2.24) is 4.90 Å². The first kappa shape index (κ1) is 15.2. The number of hydrogen-bond donors (Lipinski definition) is 1. The fourth-order valence-corrected chi connectivity index (χ4v) is 2.76. The number of benzene rings is 1. The van der Waals surface area contributed by atoms with Gasteiger partial charge in [0.2, 0.25) is 12.5 Å². The molecule has 112 valence electrons. The maximum Gasteiger partial charge on any atom is 0.231 e. The van der Waals surface area contributed by atoms with Crippen molar-refractivity contribution in [2.24, 2.45) is 11.7 Å². The van der Waals surface area contributed by atoms with Gasteiger partial charge in [-0.2, -0.15) is 0 Å². The summed E-state index contributed by atoms with van der Waals surface area (Å²) in [4.78, 5) is 2.37. The van der Waals surface area contributed by atoms with Gasteiger partial charge < -0.3 is 19.9 Å². The Bertz CT molecular complexity index is 474. The lowest BCUT2D eigenvalue weighted by Crippen LogP contribution is -2.28. The predicted octanol–water partition coefficient (Wildman–Crippen LogP) is 1.62. The summed E-state index contributed by atoms with van der Waals surface area (Å²) in [6.45, 7) is 5.31. The third-order valence-corrected chi connectivity index (χ3v) is 3.87. The van der Waals surface area contributed by atoms with E-state index in [4.69, 9.17) is 19.9 Å². The van der Waals surface area contributed by atoms with E-state index in [9.17, 15) is 0 Å². The van der Waals surface area contributed by atoms with E-state index in [0.29, 0.717) is 11.7 Å². The molecule has 1 aromatic carbocycles. The average molecular weight is 301 g/mol. The van der Waals surface area contributed by atoms with E-state index < -0.39 is 0 Å². The molecule has 6 heteroatoms. The Kier molecular flexibility index (Phi) is 4.62. The van der Waals surface area contributed by atoms with Crippen LogP contribution >= 0.6 is 12.4 Å². The Morgan fingerprint density at radius 2 is 2.15 bits per heavy atom. The van der Waals surface area contributed by atoms with Gasteiger partial charge in [0.15, 0.2) is 11.5 Å². The lowest BCUT2D eigenvalue weighted by Gasteiger charge is -2.16. The van der Waals surface area contributed by atoms with Crippen molar-refractivity contribution >= 4 is 12.4 Å². The third-order valence-electron chi connectivity index (χ3n) is 3.87. The van der Waals surface area contributed by atoms with Crippen LogP contribution in [0.3, 0.4) is 0 Å². The molecule has 2 aliphatic rings. The minimum atomic E-state index is 0. The second-order valence-corrected chi connectivity index (χ2v) is 5.37. The highest BCUT2D eigenvalue weighted by atomic mass is 35.5. The smallest absolute Gasteiger partial charge is 0.231 e. The van der Waals surface area contributed by atoms with Gasteiger partial charge >= 0.3 is 0 Å². The largest absolute Gasteiger partial charge is 0.493 e. The van der Waals surface area contributed by atoms with Gasteiger partial charge in [0.05, 0.1) is 7.11 Å². The average Bonchev–Trinajstić information content (AvgIpc) is 2.96. The molecule has 1 fully saturated rings. The highest BCUT2D eigenvalue weighted by Crippen LogP contribution is 2.42. The van der Waals surface area contributed by atoms with E-state index in [1.807, 2.05) is 12.1 Å². The maximum atomic E-state index is 6.06. The van der Waals surface area contributed by atoms with Crippen molar-refractivity contribution in [2.75, 3.05) is 27.0 Å². The van der Waals surface area contributed by atoms with Crippen molar-refractivity contribution in [3.05, 3.63) is 17.7 Å². The number of fused-ring (bicyclic) bond motifs is 1. The molecular weight excluding hydrogens is 280 g/mol. The van der Waals surface area contributed by atoms with Crippen molar-refractivity contribution < 1.29 is 14.2 Å². The molecule has 2 heterocycles. The van der Waals surface area contributed by atoms with Crippen LogP contribution in [0.4, 0.5) is 0 Å². The molecule has 0 spiro atoms. The minimum absolute atomic E-state index is 0. The molecule has 1 saturated heterocycles. The molecule has 0 saturated carbocycles. The zero-order valence-corrected chi connectivity index (χ0v) is 12.6. The summed E-state index contributed by atoms with van der Waals surface area (Å²) in [5, 5.41) is 0. The van der Waals surface area contributed by atoms with E-state index in [0.717, 1.165) is 31.1 Å². The van der Waals surface area contributed by atoms with Crippen LogP contribution in [0.15, 0.2) is 12.1 Å². The standard InChI is InChI=1S/C14H20N2O3.ClH/c1-9-5-16(7-11(9)15)6-10-3-12(17-2)14-13(4-10)18-8-19-14;/h3-4,9,11H,5-8,15H2,1-2H3;1H. The summed E-state index contributed by atoms with van der Waals surface area (Å²) < 4.78 is 16.2. The zero-order chi connectivity index (χ0) is 13.4. The molecule has 0 aromatic heterocycles. The molecule has 1 aromatic rings. The van der Waals surface area contributed by atoms with Gasteiger partial charge in [-0.1, -0.05) is 6.92 Å². The minimum Gasteiger partial charge on any atom is -0.493 e. The molecule has 0 aliphatic carbocycles. The summed E-state index contributed by atoms with van der Waals surface area (Å²) in [7, 11) is 1.65. The Morgan fingerprint density at radius 3 is 2.80 bits per heavy atom. The van der Waals surface area contributed by atoms with Crippen LogP contribution in [0.25, 0.3) is 0 Å². The second-order valence-electron chi connectivity index (χ2n) is 5.37. The number of nitrogens with zero attached hydrogens (tertiary/aromatic N) is 1. The zero-order valence-electron chi connectivity index (χ0n) is 11.8. The Hall–Kier alpha value is -1.17. The number of nitrogens with two attached hydrogens (primary N) is 1. The molecular formula is C14H21ClN2O3. The lowest BCUT2D eigenvalue weighted by molar-refractivity contribution is 0.171. The molecule has 3 rings (SSSR count). The Balaban J connectivity index is 0.00000147. The Labute approximate surface area is 125 Å². The summed E-state index contributed by atoms with van der Waals surface area (Å²) in [5.41, 5.74) is 7.23. The van der Waals surface area contributed by atoms with Gasteiger partial charge in [-0.15, -0.1) is 12.4 Å². The van der Waals surface area contributed by atoms with E-state index >= 15 is 0 Å². The van der Waals surface area contributed by atoms with E-state index in [-0.39, 0.29) is 25.2 Å². The molecule has 2 unspecified atom stereocenters. The van der Waals surface area contributed by atoms with Crippen LogP contribution in [0.2, 0.25) is 0 Å². The van der Waals surface area contributed by atoms with Gasteiger partial charge in [-0.3, -0.25) is 4.90 Å². The number of hydrogen-bond acceptors (Lipinski definition) is 5. The Morgan fingerprint density at radius 1 is 1.35 bits per heavy atom. The normalized spacial score (nSPS) is 24.6. The van der Waals surface area contributed by atoms with Crippen LogP contribution < -0.4 is 19.9 Å². The molecule has 0 amide bonds. The first-order valence-electron chi connectivity index (χ1n) is 6.62. The SMILES string of the molecule is COc1cc(CN2CC(C)C(N)C2)cc2c1OCO2.Cl. The molecule has 2 N–H and O–H groups in total. The van der Waals surface area contributed by atoms with E-state index in [1.165, 1.54) is 5.56 Å². The number of likely N-dealkylation sites (tertiary alicyclic amines) is 1. The van der Waals surface area contributed by atoms with Crippen LogP contribution in [0.5, 0.6) is 17.2 Å². The van der Waals surface area contributed by atoms with Crippen molar-refractivity contribution in [3.8, 4) is 17.2 Å². The number of ether oxygens (including phenoxy) is 3. The summed E-state index contributed by atoms with van der Waals surface area (Å²) >= 11 is 0. The first-order valence-corrected chi connectivity index (χ1v) is 6.62. The van der Waals surface area contributed by atoms with E-state index in [1.54, 1.807) is 7.11 Å². The van der Waals surface area contributed by atoms with Crippen LogP contribution in [0, 0.1) is 5.92 Å². The predicted molar refractivity (Wildman–Crippen MR) is 78.8 cm³/mol. The maximum absolute atomic E-state index is 6.06. The monoisotopic (exact) mass is 300 g/mol. The first-order chi connectivity index (χ1) is 9.17. The van der Waals surface area contributed by atoms with Crippen molar-refractivity contribution in [3.63, 3.8) is 0 Å². The number of halogens is 1. The topological polar surface area (TPSA) is 57.0 Å².